The maximum absolute atomic E-state index is 12.3. The van der Waals surface area contributed by atoms with Crippen molar-refractivity contribution in [3.05, 3.63) is 75.8 Å². The summed E-state index contributed by atoms with van der Waals surface area (Å²) in [5.74, 6) is -0.0696. The highest BCUT2D eigenvalue weighted by atomic mass is 35.5. The lowest BCUT2D eigenvalue weighted by Crippen LogP contribution is -2.36. The summed E-state index contributed by atoms with van der Waals surface area (Å²) in [4.78, 5) is 13.5. The zero-order chi connectivity index (χ0) is 19.8. The van der Waals surface area contributed by atoms with Gasteiger partial charge in [0.25, 0.3) is 5.91 Å². The number of carbonyl (C=O) groups is 1. The van der Waals surface area contributed by atoms with Gasteiger partial charge in [-0.25, -0.2) is 0 Å². The van der Waals surface area contributed by atoms with Gasteiger partial charge in [0.15, 0.2) is 0 Å². The molecule has 28 heavy (non-hydrogen) atoms. The van der Waals surface area contributed by atoms with Gasteiger partial charge < -0.3 is 10.6 Å². The van der Waals surface area contributed by atoms with Gasteiger partial charge in [-0.15, -0.1) is 11.8 Å². The van der Waals surface area contributed by atoms with Gasteiger partial charge in [0.1, 0.15) is 5.70 Å². The normalized spacial score (nSPS) is 15.8. The maximum Gasteiger partial charge on any atom is 0.267 e. The molecule has 0 radical (unpaired) electrons. The summed E-state index contributed by atoms with van der Waals surface area (Å²) in [5, 5.41) is 8.98. The molecular weight excluding hydrogens is 410 g/mol. The molecule has 4 nitrogen and oxygen atoms in total. The van der Waals surface area contributed by atoms with Crippen molar-refractivity contribution in [1.29, 1.82) is 0 Å². The van der Waals surface area contributed by atoms with E-state index in [4.69, 9.17) is 11.6 Å². The Labute approximate surface area is 180 Å². The molecule has 148 valence electrons. The molecule has 1 atom stereocenters. The molecule has 3 N–H and O–H groups in total. The first-order valence-electron chi connectivity index (χ1n) is 9.27. The fraction of sp³-hybridized carbons (Fsp3) is 0.286. The highest BCUT2D eigenvalue weighted by Gasteiger charge is 2.21. The van der Waals surface area contributed by atoms with E-state index >= 15 is 0 Å². The lowest BCUT2D eigenvalue weighted by Gasteiger charge is -2.13. The van der Waals surface area contributed by atoms with Gasteiger partial charge in [0.05, 0.1) is 5.37 Å². The van der Waals surface area contributed by atoms with Crippen molar-refractivity contribution in [2.45, 2.75) is 30.0 Å². The van der Waals surface area contributed by atoms with E-state index in [-0.39, 0.29) is 11.3 Å². The van der Waals surface area contributed by atoms with Crippen LogP contribution in [0.15, 0.2) is 64.5 Å². The van der Waals surface area contributed by atoms with E-state index in [0.717, 1.165) is 30.0 Å². The number of carbonyl (C=O) groups excluding carboxylic acids is 1. The molecule has 3 rings (SSSR count). The molecule has 0 spiro atoms. The standard InChI is InChI=1S/C21H24ClN3OS2/c1-2-15-6-8-18(9-7-15)28-24-13-20-25-19(14-27-20)21(26)23-11-10-16-4-3-5-17(22)12-16/h3-9,12,14,20,24-25H,2,10-11,13H2,1H3,(H,23,26). The maximum atomic E-state index is 12.3. The number of benzene rings is 2. The van der Waals surface area contributed by atoms with Gasteiger partial charge >= 0.3 is 0 Å². The van der Waals surface area contributed by atoms with Crippen molar-refractivity contribution in [3.8, 4) is 0 Å². The van der Waals surface area contributed by atoms with Crippen LogP contribution >= 0.6 is 35.3 Å². The van der Waals surface area contributed by atoms with Crippen molar-refractivity contribution in [1.82, 2.24) is 15.4 Å². The average molecular weight is 434 g/mol. The Bertz CT molecular complexity index is 827. The molecule has 1 aliphatic heterocycles. The van der Waals surface area contributed by atoms with Gasteiger partial charge in [0, 0.05) is 28.4 Å². The predicted molar refractivity (Wildman–Crippen MR) is 120 cm³/mol. The van der Waals surface area contributed by atoms with E-state index in [1.165, 1.54) is 10.5 Å². The molecule has 1 unspecified atom stereocenters. The van der Waals surface area contributed by atoms with E-state index in [9.17, 15) is 4.79 Å². The lowest BCUT2D eigenvalue weighted by atomic mass is 10.1. The van der Waals surface area contributed by atoms with Crippen LogP contribution in [0, 0.1) is 0 Å². The third kappa shape index (κ3) is 6.48. The second-order valence-electron chi connectivity index (χ2n) is 6.38. The second kappa shape index (κ2) is 10.8. The molecule has 0 fully saturated rings. The summed E-state index contributed by atoms with van der Waals surface area (Å²) in [7, 11) is 0. The molecule has 0 aromatic heterocycles. The zero-order valence-corrected chi connectivity index (χ0v) is 18.1. The van der Waals surface area contributed by atoms with E-state index in [0.29, 0.717) is 12.2 Å². The van der Waals surface area contributed by atoms with Crippen LogP contribution in [0.25, 0.3) is 0 Å². The largest absolute Gasteiger partial charge is 0.367 e. The first kappa shape index (κ1) is 21.1. The molecule has 7 heteroatoms. The summed E-state index contributed by atoms with van der Waals surface area (Å²) in [6.07, 6.45) is 1.81. The minimum absolute atomic E-state index is 0.0696. The molecule has 1 aliphatic rings. The summed E-state index contributed by atoms with van der Waals surface area (Å²) in [6.45, 7) is 3.48. The van der Waals surface area contributed by atoms with Crippen LogP contribution in [0.4, 0.5) is 0 Å². The predicted octanol–water partition coefficient (Wildman–Crippen LogP) is 4.36. The second-order valence-corrected chi connectivity index (χ2v) is 8.86. The highest BCUT2D eigenvalue weighted by molar-refractivity contribution is 8.03. The smallest absolute Gasteiger partial charge is 0.267 e. The van der Waals surface area contributed by atoms with Gasteiger partial charge in [-0.1, -0.05) is 42.8 Å². The Morgan fingerprint density at radius 2 is 2.04 bits per heavy atom. The number of hydrogen-bond donors (Lipinski definition) is 3. The van der Waals surface area contributed by atoms with Crippen molar-refractivity contribution in [3.63, 3.8) is 0 Å². The third-order valence-corrected chi connectivity index (χ3v) is 6.33. The Hall–Kier alpha value is -1.60. The van der Waals surface area contributed by atoms with Crippen molar-refractivity contribution < 1.29 is 4.79 Å². The molecule has 0 aliphatic carbocycles. The van der Waals surface area contributed by atoms with Gasteiger partial charge in [-0.3, -0.25) is 9.52 Å². The minimum atomic E-state index is -0.0696. The Balaban J connectivity index is 1.34. The fourth-order valence-electron chi connectivity index (χ4n) is 2.71. The van der Waals surface area contributed by atoms with E-state index in [1.54, 1.807) is 23.7 Å². The number of halogens is 1. The van der Waals surface area contributed by atoms with Crippen LogP contribution in [-0.2, 0) is 17.6 Å². The van der Waals surface area contributed by atoms with Crippen LogP contribution in [0.3, 0.4) is 0 Å². The quantitative estimate of drug-likeness (QED) is 0.513. The topological polar surface area (TPSA) is 53.2 Å². The number of rotatable bonds is 9. The summed E-state index contributed by atoms with van der Waals surface area (Å²) in [5.41, 5.74) is 3.08. The number of hydrogen-bond acceptors (Lipinski definition) is 5. The number of amides is 1. The average Bonchev–Trinajstić information content (AvgIpc) is 3.18. The van der Waals surface area contributed by atoms with Crippen LogP contribution in [0.1, 0.15) is 18.1 Å². The van der Waals surface area contributed by atoms with Crippen LogP contribution in [0.5, 0.6) is 0 Å². The first-order chi connectivity index (χ1) is 13.6. The van der Waals surface area contributed by atoms with Gasteiger partial charge in [-0.2, -0.15) is 0 Å². The van der Waals surface area contributed by atoms with Crippen LogP contribution < -0.4 is 15.4 Å². The summed E-state index contributed by atoms with van der Waals surface area (Å²) < 4.78 is 3.37. The van der Waals surface area contributed by atoms with Crippen molar-refractivity contribution >= 4 is 41.2 Å². The molecule has 0 saturated carbocycles. The monoisotopic (exact) mass is 433 g/mol. The number of aryl methyl sites for hydroxylation is 1. The molecule has 2 aromatic rings. The van der Waals surface area contributed by atoms with Crippen LogP contribution in [0.2, 0.25) is 5.02 Å². The lowest BCUT2D eigenvalue weighted by molar-refractivity contribution is -0.117. The Morgan fingerprint density at radius 1 is 1.21 bits per heavy atom. The molecular formula is C21H24ClN3OS2. The van der Waals surface area contributed by atoms with E-state index in [1.807, 2.05) is 29.7 Å². The zero-order valence-electron chi connectivity index (χ0n) is 15.7. The highest BCUT2D eigenvalue weighted by Crippen LogP contribution is 2.22. The molecule has 0 bridgehead atoms. The number of thioether (sulfide) groups is 1. The SMILES string of the molecule is CCc1ccc(SNCC2NC(C(=O)NCCc3cccc(Cl)c3)=CS2)cc1. The van der Waals surface area contributed by atoms with Crippen LogP contribution in [-0.4, -0.2) is 24.4 Å². The van der Waals surface area contributed by atoms with E-state index < -0.39 is 0 Å². The minimum Gasteiger partial charge on any atom is -0.367 e. The molecule has 1 amide bonds. The third-order valence-electron chi connectivity index (χ3n) is 4.29. The summed E-state index contributed by atoms with van der Waals surface area (Å²) >= 11 is 9.22. The first-order valence-corrected chi connectivity index (χ1v) is 11.4. The Kier molecular flexibility index (Phi) is 8.15. The number of nitrogens with one attached hydrogen (secondary N) is 3. The van der Waals surface area contributed by atoms with Crippen molar-refractivity contribution in [2.75, 3.05) is 13.1 Å². The fourth-order valence-corrected chi connectivity index (χ4v) is 4.57. The van der Waals surface area contributed by atoms with Crippen molar-refractivity contribution in [2.24, 2.45) is 0 Å². The van der Waals surface area contributed by atoms with Gasteiger partial charge in [0.2, 0.25) is 0 Å². The molecule has 1 heterocycles. The summed E-state index contributed by atoms with van der Waals surface area (Å²) in [6, 6.07) is 16.3. The van der Waals surface area contributed by atoms with E-state index in [2.05, 4.69) is 46.5 Å². The Morgan fingerprint density at radius 3 is 2.79 bits per heavy atom. The molecule has 2 aromatic carbocycles. The van der Waals surface area contributed by atoms with Gasteiger partial charge in [-0.05, 0) is 60.2 Å². The molecule has 0 saturated heterocycles.